The minimum absolute atomic E-state index is 0.0404. The summed E-state index contributed by atoms with van der Waals surface area (Å²) in [6.45, 7) is 0.658. The quantitative estimate of drug-likeness (QED) is 0.734. The summed E-state index contributed by atoms with van der Waals surface area (Å²) in [6, 6.07) is 18.4. The zero-order chi connectivity index (χ0) is 18.8. The molecule has 1 atom stereocenters. The molecule has 6 nitrogen and oxygen atoms in total. The van der Waals surface area contributed by atoms with Crippen molar-refractivity contribution in [3.8, 4) is 5.69 Å². The summed E-state index contributed by atoms with van der Waals surface area (Å²) in [5.74, 6) is -0.425. The van der Waals surface area contributed by atoms with Gasteiger partial charge in [-0.25, -0.2) is 0 Å². The van der Waals surface area contributed by atoms with E-state index in [9.17, 15) is 9.59 Å². The van der Waals surface area contributed by atoms with E-state index in [4.69, 9.17) is 5.73 Å². The van der Waals surface area contributed by atoms with Crippen molar-refractivity contribution in [2.45, 2.75) is 12.5 Å². The van der Waals surface area contributed by atoms with Gasteiger partial charge in [0, 0.05) is 41.6 Å². The molecule has 136 valence electrons. The van der Waals surface area contributed by atoms with E-state index in [0.717, 1.165) is 17.1 Å². The normalized spacial score (nSPS) is 16.5. The van der Waals surface area contributed by atoms with Crippen LogP contribution < -0.4 is 16.0 Å². The summed E-state index contributed by atoms with van der Waals surface area (Å²) in [6.07, 6.45) is 4.67. The van der Waals surface area contributed by atoms with Gasteiger partial charge < -0.3 is 20.5 Å². The van der Waals surface area contributed by atoms with E-state index in [1.807, 2.05) is 58.3 Å². The van der Waals surface area contributed by atoms with Crippen LogP contribution in [0.4, 0.5) is 11.4 Å². The highest BCUT2D eigenvalue weighted by Crippen LogP contribution is 2.26. The fourth-order valence-corrected chi connectivity index (χ4v) is 3.33. The second-order valence-electron chi connectivity index (χ2n) is 6.53. The Balaban J connectivity index is 1.49. The number of rotatable bonds is 5. The number of nitrogens with one attached hydrogen (secondary N) is 1. The monoisotopic (exact) mass is 360 g/mol. The van der Waals surface area contributed by atoms with Crippen molar-refractivity contribution in [2.24, 2.45) is 5.73 Å². The SMILES string of the molecule is NC(=O)c1ccc(NC2CCN(c3cccc(-n4cccc4)c3)C2=O)cc1. The molecule has 1 fully saturated rings. The van der Waals surface area contributed by atoms with Crippen LogP contribution in [0.3, 0.4) is 0 Å². The van der Waals surface area contributed by atoms with Crippen LogP contribution in [-0.4, -0.2) is 29.0 Å². The molecule has 0 spiro atoms. The first kappa shape index (κ1) is 16.9. The van der Waals surface area contributed by atoms with Gasteiger partial charge in [-0.2, -0.15) is 0 Å². The summed E-state index contributed by atoms with van der Waals surface area (Å²) in [4.78, 5) is 25.8. The van der Waals surface area contributed by atoms with Crippen LogP contribution in [0.15, 0.2) is 73.1 Å². The molecule has 1 aliphatic rings. The lowest BCUT2D eigenvalue weighted by molar-refractivity contribution is -0.117. The third-order valence-electron chi connectivity index (χ3n) is 4.76. The molecule has 2 heterocycles. The van der Waals surface area contributed by atoms with Crippen LogP contribution >= 0.6 is 0 Å². The van der Waals surface area contributed by atoms with E-state index in [1.54, 1.807) is 24.3 Å². The van der Waals surface area contributed by atoms with Crippen molar-refractivity contribution in [3.05, 3.63) is 78.6 Å². The highest BCUT2D eigenvalue weighted by molar-refractivity contribution is 6.01. The number of hydrogen-bond donors (Lipinski definition) is 2. The van der Waals surface area contributed by atoms with Crippen LogP contribution in [0, 0.1) is 0 Å². The number of hydrogen-bond acceptors (Lipinski definition) is 3. The maximum Gasteiger partial charge on any atom is 0.249 e. The second kappa shape index (κ2) is 6.99. The van der Waals surface area contributed by atoms with Crippen molar-refractivity contribution < 1.29 is 9.59 Å². The van der Waals surface area contributed by atoms with Gasteiger partial charge in [0.1, 0.15) is 6.04 Å². The van der Waals surface area contributed by atoms with Gasteiger partial charge in [0.2, 0.25) is 11.8 Å². The lowest BCUT2D eigenvalue weighted by atomic mass is 10.1. The van der Waals surface area contributed by atoms with Crippen LogP contribution in [0.25, 0.3) is 5.69 Å². The van der Waals surface area contributed by atoms with Crippen molar-refractivity contribution in [2.75, 3.05) is 16.8 Å². The predicted octanol–water partition coefficient (Wildman–Crippen LogP) is 2.79. The molecule has 1 aromatic heterocycles. The maximum absolute atomic E-state index is 12.9. The van der Waals surface area contributed by atoms with E-state index in [1.165, 1.54) is 0 Å². The number of aromatic nitrogens is 1. The van der Waals surface area contributed by atoms with Gasteiger partial charge in [-0.1, -0.05) is 6.07 Å². The third kappa shape index (κ3) is 3.42. The number of primary amides is 1. The van der Waals surface area contributed by atoms with E-state index in [-0.39, 0.29) is 11.9 Å². The smallest absolute Gasteiger partial charge is 0.249 e. The molecule has 27 heavy (non-hydrogen) atoms. The third-order valence-corrected chi connectivity index (χ3v) is 4.76. The molecule has 6 heteroatoms. The molecule has 0 saturated carbocycles. The molecule has 0 radical (unpaired) electrons. The Morgan fingerprint density at radius 1 is 1.00 bits per heavy atom. The average molecular weight is 360 g/mol. The zero-order valence-electron chi connectivity index (χ0n) is 14.7. The molecule has 3 aromatic rings. The predicted molar refractivity (Wildman–Crippen MR) is 105 cm³/mol. The van der Waals surface area contributed by atoms with Gasteiger partial charge in [-0.15, -0.1) is 0 Å². The van der Waals surface area contributed by atoms with E-state index < -0.39 is 5.91 Å². The fourth-order valence-electron chi connectivity index (χ4n) is 3.33. The van der Waals surface area contributed by atoms with Crippen LogP contribution in [0.2, 0.25) is 0 Å². The summed E-state index contributed by atoms with van der Waals surface area (Å²) in [5, 5.41) is 3.25. The number of anilines is 2. The van der Waals surface area contributed by atoms with E-state index >= 15 is 0 Å². The Morgan fingerprint density at radius 3 is 2.41 bits per heavy atom. The summed E-state index contributed by atoms with van der Waals surface area (Å²) < 4.78 is 2.01. The number of carbonyl (C=O) groups excluding carboxylic acids is 2. The van der Waals surface area contributed by atoms with Crippen molar-refractivity contribution in [1.82, 2.24) is 4.57 Å². The Kier molecular flexibility index (Phi) is 4.38. The molecule has 0 aliphatic carbocycles. The van der Waals surface area contributed by atoms with Crippen LogP contribution in [0.5, 0.6) is 0 Å². The second-order valence-corrected chi connectivity index (χ2v) is 6.53. The molecule has 3 N–H and O–H groups in total. The lowest BCUT2D eigenvalue weighted by Crippen LogP contribution is -2.33. The molecule has 4 rings (SSSR count). The molecule has 2 amide bonds. The Labute approximate surface area is 157 Å². The Morgan fingerprint density at radius 2 is 1.70 bits per heavy atom. The maximum atomic E-state index is 12.9. The minimum Gasteiger partial charge on any atom is -0.374 e. The molecule has 1 aliphatic heterocycles. The van der Waals surface area contributed by atoms with Gasteiger partial charge >= 0.3 is 0 Å². The highest BCUT2D eigenvalue weighted by atomic mass is 16.2. The molecule has 2 aromatic carbocycles. The van der Waals surface area contributed by atoms with Gasteiger partial charge in [0.25, 0.3) is 0 Å². The summed E-state index contributed by atoms with van der Waals surface area (Å²) in [7, 11) is 0. The lowest BCUT2D eigenvalue weighted by Gasteiger charge is -2.19. The average Bonchev–Trinajstić information content (AvgIpc) is 3.33. The standard InChI is InChI=1S/C21H20N4O2/c22-20(26)15-6-8-16(9-7-15)23-19-10-13-25(21(19)27)18-5-3-4-17(14-18)24-11-1-2-12-24/h1-9,11-12,14,19,23H,10,13H2,(H2,22,26). The first-order valence-corrected chi connectivity index (χ1v) is 8.83. The summed E-state index contributed by atoms with van der Waals surface area (Å²) >= 11 is 0. The van der Waals surface area contributed by atoms with E-state index in [0.29, 0.717) is 18.5 Å². The van der Waals surface area contributed by atoms with Crippen LogP contribution in [-0.2, 0) is 4.79 Å². The minimum atomic E-state index is -0.466. The van der Waals surface area contributed by atoms with Crippen molar-refractivity contribution in [3.63, 3.8) is 0 Å². The largest absolute Gasteiger partial charge is 0.374 e. The highest BCUT2D eigenvalue weighted by Gasteiger charge is 2.32. The number of carbonyl (C=O) groups is 2. The molecule has 1 saturated heterocycles. The van der Waals surface area contributed by atoms with Gasteiger partial charge in [0.15, 0.2) is 0 Å². The molecule has 1 unspecified atom stereocenters. The van der Waals surface area contributed by atoms with Gasteiger partial charge in [-0.05, 0) is 61.0 Å². The first-order valence-electron chi connectivity index (χ1n) is 8.83. The first-order chi connectivity index (χ1) is 13.1. The van der Waals surface area contributed by atoms with Gasteiger partial charge in [-0.3, -0.25) is 9.59 Å². The van der Waals surface area contributed by atoms with Gasteiger partial charge in [0.05, 0.1) is 0 Å². The zero-order valence-corrected chi connectivity index (χ0v) is 14.7. The van der Waals surface area contributed by atoms with Crippen molar-refractivity contribution >= 4 is 23.2 Å². The van der Waals surface area contributed by atoms with Crippen LogP contribution in [0.1, 0.15) is 16.8 Å². The number of nitrogens with two attached hydrogens (primary N) is 1. The molecule has 0 bridgehead atoms. The summed E-state index contributed by atoms with van der Waals surface area (Å²) in [5.41, 5.74) is 8.40. The fraction of sp³-hybridized carbons (Fsp3) is 0.143. The van der Waals surface area contributed by atoms with Crippen molar-refractivity contribution in [1.29, 1.82) is 0 Å². The number of nitrogens with zero attached hydrogens (tertiary/aromatic N) is 2. The number of benzene rings is 2. The molecular weight excluding hydrogens is 340 g/mol. The Bertz CT molecular complexity index is 964. The topological polar surface area (TPSA) is 80.4 Å². The molecular formula is C21H20N4O2. The van der Waals surface area contributed by atoms with E-state index in [2.05, 4.69) is 5.32 Å². The number of amides is 2. The Hall–Kier alpha value is -3.54.